The Morgan fingerprint density at radius 3 is 2.60 bits per heavy atom. The summed E-state index contributed by atoms with van der Waals surface area (Å²) in [4.78, 5) is 0. The maximum atomic E-state index is 5.82. The average Bonchev–Trinajstić information content (AvgIpc) is 1.96. The van der Waals surface area contributed by atoms with Crippen LogP contribution in [-0.4, -0.2) is 18.6 Å². The van der Waals surface area contributed by atoms with Crippen molar-refractivity contribution in [2.75, 3.05) is 7.05 Å². The summed E-state index contributed by atoms with van der Waals surface area (Å²) in [6, 6.07) is 0.0856. The molecule has 2 heteroatoms. The first kappa shape index (κ1) is 7.51. The molecule has 0 saturated heterocycles. The lowest BCUT2D eigenvalue weighted by molar-refractivity contribution is 0.429. The minimum absolute atomic E-state index is 0.0608. The number of likely N-dealkylation sites (N-methyl/N-ethyl adjacent to an activating group) is 1. The van der Waals surface area contributed by atoms with Crippen LogP contribution in [0, 0.1) is 0 Å². The van der Waals surface area contributed by atoms with Crippen LogP contribution in [0.3, 0.4) is 0 Å². The molecular formula is C8H14N2. The normalized spacial score (nSPS) is 38.5. The van der Waals surface area contributed by atoms with Gasteiger partial charge in [-0.3, -0.25) is 0 Å². The molecule has 0 fully saturated rings. The molecule has 10 heavy (non-hydrogen) atoms. The van der Waals surface area contributed by atoms with Crippen molar-refractivity contribution in [3.05, 3.63) is 24.3 Å². The highest BCUT2D eigenvalue weighted by molar-refractivity contribution is 5.25. The third kappa shape index (κ3) is 1.13. The summed E-state index contributed by atoms with van der Waals surface area (Å²) in [5, 5.41) is 3.17. The molecule has 1 aliphatic rings. The van der Waals surface area contributed by atoms with Gasteiger partial charge in [0.1, 0.15) is 0 Å². The van der Waals surface area contributed by atoms with Crippen molar-refractivity contribution < 1.29 is 0 Å². The summed E-state index contributed by atoms with van der Waals surface area (Å²) in [7, 11) is 1.92. The zero-order chi connectivity index (χ0) is 7.61. The summed E-state index contributed by atoms with van der Waals surface area (Å²) < 4.78 is 0. The Morgan fingerprint density at radius 1 is 1.50 bits per heavy atom. The molecule has 1 aliphatic carbocycles. The highest BCUT2D eigenvalue weighted by atomic mass is 15.0. The fraction of sp³-hybridized carbons (Fsp3) is 0.500. The van der Waals surface area contributed by atoms with Gasteiger partial charge in [0.05, 0.1) is 5.54 Å². The third-order valence-corrected chi connectivity index (χ3v) is 2.10. The van der Waals surface area contributed by atoms with E-state index in [0.717, 1.165) is 0 Å². The number of nitrogens with two attached hydrogens (primary N) is 1. The second kappa shape index (κ2) is 2.56. The molecule has 0 radical (unpaired) electrons. The molecule has 0 spiro atoms. The second-order valence-corrected chi connectivity index (χ2v) is 2.80. The predicted octanol–water partition coefficient (Wildman–Crippen LogP) is 0.418. The molecule has 0 aromatic rings. The molecule has 3 N–H and O–H groups in total. The van der Waals surface area contributed by atoms with Gasteiger partial charge in [-0.2, -0.15) is 0 Å². The molecule has 0 aromatic heterocycles. The number of hydrogen-bond donors (Lipinski definition) is 2. The maximum Gasteiger partial charge on any atom is 0.0526 e. The maximum absolute atomic E-state index is 5.82. The van der Waals surface area contributed by atoms with Crippen LogP contribution in [0.2, 0.25) is 0 Å². The number of hydrogen-bond acceptors (Lipinski definition) is 2. The summed E-state index contributed by atoms with van der Waals surface area (Å²) in [6.45, 7) is 2.08. The monoisotopic (exact) mass is 138 g/mol. The second-order valence-electron chi connectivity index (χ2n) is 2.80. The van der Waals surface area contributed by atoms with E-state index >= 15 is 0 Å². The Labute approximate surface area is 61.8 Å². The summed E-state index contributed by atoms with van der Waals surface area (Å²) in [6.07, 6.45) is 8.07. The van der Waals surface area contributed by atoms with Crippen molar-refractivity contribution >= 4 is 0 Å². The summed E-state index contributed by atoms with van der Waals surface area (Å²) in [5.74, 6) is 0. The molecule has 0 saturated carbocycles. The first-order chi connectivity index (χ1) is 4.69. The Hall–Kier alpha value is -0.600. The fourth-order valence-electron chi connectivity index (χ4n) is 1.00. The standard InChI is InChI=1S/C8H14N2/c1-8(10-2)6-4-3-5-7(8)9/h3-7,10H,9H2,1-2H3. The van der Waals surface area contributed by atoms with Gasteiger partial charge < -0.3 is 11.1 Å². The Morgan fingerprint density at radius 2 is 2.20 bits per heavy atom. The fourth-order valence-corrected chi connectivity index (χ4v) is 1.00. The molecule has 0 aliphatic heterocycles. The SMILES string of the molecule is CNC1(C)C=CC=CC1N. The van der Waals surface area contributed by atoms with Gasteiger partial charge in [-0.1, -0.05) is 24.3 Å². The van der Waals surface area contributed by atoms with Gasteiger partial charge in [0.25, 0.3) is 0 Å². The molecule has 0 amide bonds. The van der Waals surface area contributed by atoms with Gasteiger partial charge >= 0.3 is 0 Å². The molecule has 0 aromatic carbocycles. The van der Waals surface area contributed by atoms with Crippen LogP contribution < -0.4 is 11.1 Å². The van der Waals surface area contributed by atoms with Crippen molar-refractivity contribution in [3.63, 3.8) is 0 Å². The van der Waals surface area contributed by atoms with E-state index in [1.807, 2.05) is 25.3 Å². The first-order valence-electron chi connectivity index (χ1n) is 3.49. The lowest BCUT2D eigenvalue weighted by Gasteiger charge is -2.32. The van der Waals surface area contributed by atoms with Gasteiger partial charge in [0, 0.05) is 6.04 Å². The molecule has 2 nitrogen and oxygen atoms in total. The van der Waals surface area contributed by atoms with E-state index in [2.05, 4.69) is 18.3 Å². The van der Waals surface area contributed by atoms with Crippen LogP contribution in [0.25, 0.3) is 0 Å². The molecule has 2 atom stereocenters. The molecule has 2 unspecified atom stereocenters. The minimum Gasteiger partial charge on any atom is -0.323 e. The van der Waals surface area contributed by atoms with Gasteiger partial charge in [0.2, 0.25) is 0 Å². The van der Waals surface area contributed by atoms with E-state index < -0.39 is 0 Å². The van der Waals surface area contributed by atoms with E-state index in [9.17, 15) is 0 Å². The van der Waals surface area contributed by atoms with Gasteiger partial charge in [-0.25, -0.2) is 0 Å². The minimum atomic E-state index is -0.0608. The number of rotatable bonds is 1. The Balaban J connectivity index is 2.77. The average molecular weight is 138 g/mol. The van der Waals surface area contributed by atoms with Crippen molar-refractivity contribution in [2.24, 2.45) is 5.73 Å². The van der Waals surface area contributed by atoms with Crippen molar-refractivity contribution in [2.45, 2.75) is 18.5 Å². The van der Waals surface area contributed by atoms with Gasteiger partial charge in [-0.05, 0) is 14.0 Å². The van der Waals surface area contributed by atoms with E-state index in [1.165, 1.54) is 0 Å². The van der Waals surface area contributed by atoms with Crippen LogP contribution >= 0.6 is 0 Å². The van der Waals surface area contributed by atoms with Crippen LogP contribution in [0.5, 0.6) is 0 Å². The predicted molar refractivity (Wildman–Crippen MR) is 43.7 cm³/mol. The van der Waals surface area contributed by atoms with E-state index in [4.69, 9.17) is 5.73 Å². The quantitative estimate of drug-likeness (QED) is 0.551. The Bertz CT molecular complexity index is 172. The number of nitrogens with one attached hydrogen (secondary N) is 1. The smallest absolute Gasteiger partial charge is 0.0526 e. The van der Waals surface area contributed by atoms with E-state index in [-0.39, 0.29) is 11.6 Å². The first-order valence-corrected chi connectivity index (χ1v) is 3.49. The number of allylic oxidation sites excluding steroid dienone is 2. The zero-order valence-electron chi connectivity index (χ0n) is 6.46. The largest absolute Gasteiger partial charge is 0.323 e. The Kier molecular flexibility index (Phi) is 1.92. The highest BCUT2D eigenvalue weighted by Crippen LogP contribution is 2.14. The molecule has 56 valence electrons. The van der Waals surface area contributed by atoms with Crippen molar-refractivity contribution in [1.82, 2.24) is 5.32 Å². The third-order valence-electron chi connectivity index (χ3n) is 2.10. The zero-order valence-corrected chi connectivity index (χ0v) is 6.46. The van der Waals surface area contributed by atoms with Crippen molar-refractivity contribution in [3.8, 4) is 0 Å². The summed E-state index contributed by atoms with van der Waals surface area (Å²) in [5.41, 5.74) is 5.76. The lowest BCUT2D eigenvalue weighted by atomic mass is 9.89. The molecule has 0 heterocycles. The lowest BCUT2D eigenvalue weighted by Crippen LogP contribution is -2.53. The van der Waals surface area contributed by atoms with Crippen LogP contribution in [0.4, 0.5) is 0 Å². The molecular weight excluding hydrogens is 124 g/mol. The van der Waals surface area contributed by atoms with Crippen molar-refractivity contribution in [1.29, 1.82) is 0 Å². The summed E-state index contributed by atoms with van der Waals surface area (Å²) >= 11 is 0. The van der Waals surface area contributed by atoms with E-state index in [0.29, 0.717) is 0 Å². The van der Waals surface area contributed by atoms with Gasteiger partial charge in [-0.15, -0.1) is 0 Å². The van der Waals surface area contributed by atoms with E-state index in [1.54, 1.807) is 0 Å². The topological polar surface area (TPSA) is 38.0 Å². The van der Waals surface area contributed by atoms with Crippen LogP contribution in [0.1, 0.15) is 6.92 Å². The molecule has 0 bridgehead atoms. The molecule has 1 rings (SSSR count). The highest BCUT2D eigenvalue weighted by Gasteiger charge is 2.25. The van der Waals surface area contributed by atoms with Crippen LogP contribution in [-0.2, 0) is 0 Å². The van der Waals surface area contributed by atoms with Gasteiger partial charge in [0.15, 0.2) is 0 Å². The van der Waals surface area contributed by atoms with Crippen LogP contribution in [0.15, 0.2) is 24.3 Å².